The lowest BCUT2D eigenvalue weighted by atomic mass is 9.94. The number of nitrogens with zero attached hydrogens (tertiary/aromatic N) is 2. The van der Waals surface area contributed by atoms with Crippen molar-refractivity contribution in [1.82, 2.24) is 4.98 Å². The molecule has 134 valence electrons. The Hall–Kier alpha value is -3.08. The number of rotatable bonds is 4. The van der Waals surface area contributed by atoms with Gasteiger partial charge >= 0.3 is 0 Å². The molecule has 1 unspecified atom stereocenters. The number of benzene rings is 3. The molecule has 0 aliphatic rings. The molecule has 1 heterocycles. The van der Waals surface area contributed by atoms with E-state index in [2.05, 4.69) is 17.1 Å². The maximum absolute atomic E-state index is 9.99. The van der Waals surface area contributed by atoms with Crippen LogP contribution in [0.3, 0.4) is 0 Å². The van der Waals surface area contributed by atoms with Gasteiger partial charge < -0.3 is 10.8 Å². The lowest BCUT2D eigenvalue weighted by Gasteiger charge is -2.14. The summed E-state index contributed by atoms with van der Waals surface area (Å²) >= 11 is 0. The molecule has 1 atom stereocenters. The second-order valence-corrected chi connectivity index (χ2v) is 6.50. The lowest BCUT2D eigenvalue weighted by molar-refractivity contribution is 0.186. The minimum Gasteiger partial charge on any atom is -0.375 e. The quantitative estimate of drug-likeness (QED) is 0.303. The number of aromatic nitrogens is 1. The van der Waals surface area contributed by atoms with Crippen molar-refractivity contribution in [3.05, 3.63) is 72.3 Å². The van der Waals surface area contributed by atoms with Gasteiger partial charge in [0.05, 0.1) is 16.7 Å². The number of aliphatic imine (C=N–C) groups is 1. The summed E-state index contributed by atoms with van der Waals surface area (Å²) in [6.07, 6.45) is 1.64. The fourth-order valence-electron chi connectivity index (χ4n) is 3.37. The van der Waals surface area contributed by atoms with E-state index in [1.54, 1.807) is 0 Å². The molecule has 0 bridgehead atoms. The van der Waals surface area contributed by atoms with Crippen molar-refractivity contribution >= 4 is 33.7 Å². The number of hydrogen-bond acceptors (Lipinski definition) is 4. The second-order valence-electron chi connectivity index (χ2n) is 6.50. The fourth-order valence-corrected chi connectivity index (χ4v) is 3.37. The third kappa shape index (κ3) is 3.33. The van der Waals surface area contributed by atoms with Crippen LogP contribution in [0, 0.1) is 0 Å². The number of hydrogen-bond donors (Lipinski definition) is 2. The first-order valence-electron chi connectivity index (χ1n) is 9.06. The molecule has 0 fully saturated rings. The molecule has 1 aromatic heterocycles. The summed E-state index contributed by atoms with van der Waals surface area (Å²) in [6.45, 7) is 2.04. The van der Waals surface area contributed by atoms with Crippen LogP contribution >= 0.6 is 0 Å². The van der Waals surface area contributed by atoms with Gasteiger partial charge in [-0.25, -0.2) is 4.98 Å². The molecule has 4 aromatic rings. The Labute approximate surface area is 158 Å². The number of fused-ring (bicyclic) bond motifs is 2. The predicted molar refractivity (Wildman–Crippen MR) is 112 cm³/mol. The zero-order valence-corrected chi connectivity index (χ0v) is 15.1. The van der Waals surface area contributed by atoms with E-state index >= 15 is 0 Å². The van der Waals surface area contributed by atoms with Gasteiger partial charge in [-0.2, -0.15) is 0 Å². The number of nitrogens with two attached hydrogens (primary N) is 1. The van der Waals surface area contributed by atoms with Crippen molar-refractivity contribution in [3.63, 3.8) is 0 Å². The van der Waals surface area contributed by atoms with Crippen LogP contribution < -0.4 is 5.73 Å². The summed E-state index contributed by atoms with van der Waals surface area (Å²) in [5.41, 5.74) is 11.1. The molecular weight excluding hydrogens is 334 g/mol. The fraction of sp³-hybridized carbons (Fsp3) is 0.130. The highest BCUT2D eigenvalue weighted by Gasteiger charge is 2.13. The Bertz CT molecular complexity index is 1090. The lowest BCUT2D eigenvalue weighted by Crippen LogP contribution is -2.08. The summed E-state index contributed by atoms with van der Waals surface area (Å²) in [5.74, 6) is 0. The third-order valence-electron chi connectivity index (χ3n) is 4.58. The summed E-state index contributed by atoms with van der Waals surface area (Å²) in [4.78, 5) is 9.30. The molecule has 3 N–H and O–H groups in total. The highest BCUT2D eigenvalue weighted by molar-refractivity contribution is 6.09. The molecule has 0 aliphatic heterocycles. The van der Waals surface area contributed by atoms with Crippen molar-refractivity contribution in [1.29, 1.82) is 0 Å². The van der Waals surface area contributed by atoms with Gasteiger partial charge in [0.15, 0.2) is 0 Å². The van der Waals surface area contributed by atoms with Crippen LogP contribution in [0.25, 0.3) is 32.9 Å². The summed E-state index contributed by atoms with van der Waals surface area (Å²) in [7, 11) is 0. The van der Waals surface area contributed by atoms with E-state index < -0.39 is 6.23 Å². The number of aliphatic hydroxyl groups is 1. The molecule has 0 radical (unpaired) electrons. The van der Waals surface area contributed by atoms with Crippen LogP contribution in [0.15, 0.2) is 71.7 Å². The van der Waals surface area contributed by atoms with Gasteiger partial charge in [0.2, 0.25) is 0 Å². The van der Waals surface area contributed by atoms with E-state index in [1.807, 2.05) is 67.7 Å². The van der Waals surface area contributed by atoms with Gasteiger partial charge in [-0.15, -0.1) is 0 Å². The smallest absolute Gasteiger partial charge is 0.128 e. The van der Waals surface area contributed by atoms with Crippen LogP contribution in [0.4, 0.5) is 5.69 Å². The molecule has 3 aromatic carbocycles. The zero-order valence-electron chi connectivity index (χ0n) is 15.1. The van der Waals surface area contributed by atoms with Crippen LogP contribution in [0.5, 0.6) is 0 Å². The standard InChI is InChI=1S/C23H21N3O/c1-2-11-25-17-13-15(12-16(14-17)23(24)27)22-18-7-3-5-9-20(18)26-21-10-6-4-8-19(21)22/h3-14,23,27H,2,24H2,1H3. The molecule has 0 amide bonds. The Morgan fingerprint density at radius 2 is 1.63 bits per heavy atom. The first kappa shape index (κ1) is 17.3. The van der Waals surface area contributed by atoms with Crippen LogP contribution in [-0.4, -0.2) is 16.3 Å². The normalized spacial score (nSPS) is 12.9. The number of para-hydroxylation sites is 2. The van der Waals surface area contributed by atoms with E-state index in [-0.39, 0.29) is 0 Å². The van der Waals surface area contributed by atoms with Crippen LogP contribution in [0.2, 0.25) is 0 Å². The average molecular weight is 355 g/mol. The van der Waals surface area contributed by atoms with E-state index in [0.717, 1.165) is 45.0 Å². The average Bonchev–Trinajstić information content (AvgIpc) is 2.70. The second kappa shape index (κ2) is 7.27. The molecule has 27 heavy (non-hydrogen) atoms. The highest BCUT2D eigenvalue weighted by atomic mass is 16.3. The Balaban J connectivity index is 2.08. The Kier molecular flexibility index (Phi) is 4.67. The van der Waals surface area contributed by atoms with E-state index in [1.165, 1.54) is 0 Å². The molecule has 0 spiro atoms. The van der Waals surface area contributed by atoms with Gasteiger partial charge in [-0.1, -0.05) is 43.3 Å². The Morgan fingerprint density at radius 3 is 2.22 bits per heavy atom. The van der Waals surface area contributed by atoms with Crippen molar-refractivity contribution < 1.29 is 5.11 Å². The minimum absolute atomic E-state index is 0.640. The Morgan fingerprint density at radius 1 is 1.00 bits per heavy atom. The predicted octanol–water partition coefficient (Wildman–Crippen LogP) is 5.12. The molecule has 0 saturated carbocycles. The highest BCUT2D eigenvalue weighted by Crippen LogP contribution is 2.37. The first-order chi connectivity index (χ1) is 13.2. The van der Waals surface area contributed by atoms with E-state index in [9.17, 15) is 5.11 Å². The summed E-state index contributed by atoms with van der Waals surface area (Å²) in [5, 5.41) is 12.1. The molecule has 4 heteroatoms. The number of pyridine rings is 1. The number of aliphatic hydroxyl groups excluding tert-OH is 1. The molecule has 0 aliphatic carbocycles. The van der Waals surface area contributed by atoms with Gasteiger partial charge in [0.25, 0.3) is 0 Å². The topological polar surface area (TPSA) is 71.5 Å². The van der Waals surface area contributed by atoms with Gasteiger partial charge in [0, 0.05) is 22.6 Å². The first-order valence-corrected chi connectivity index (χ1v) is 9.06. The van der Waals surface area contributed by atoms with Crippen molar-refractivity contribution in [2.24, 2.45) is 10.7 Å². The van der Waals surface area contributed by atoms with E-state index in [0.29, 0.717) is 5.56 Å². The molecule has 0 saturated heterocycles. The summed E-state index contributed by atoms with van der Waals surface area (Å²) in [6, 6.07) is 22.0. The molecule has 4 nitrogen and oxygen atoms in total. The van der Waals surface area contributed by atoms with Crippen LogP contribution in [0.1, 0.15) is 25.1 Å². The SMILES string of the molecule is CCC=Nc1cc(-c2c3ccccc3nc3ccccc23)cc(C(N)O)c1. The van der Waals surface area contributed by atoms with Gasteiger partial charge in [-0.3, -0.25) is 4.99 Å². The maximum Gasteiger partial charge on any atom is 0.128 e. The van der Waals surface area contributed by atoms with Crippen LogP contribution in [-0.2, 0) is 0 Å². The molecular formula is C23H21N3O. The van der Waals surface area contributed by atoms with Gasteiger partial charge in [-0.05, 0) is 47.9 Å². The summed E-state index contributed by atoms with van der Waals surface area (Å²) < 4.78 is 0. The zero-order chi connectivity index (χ0) is 18.8. The minimum atomic E-state index is -1.06. The molecule has 4 rings (SSSR count). The van der Waals surface area contributed by atoms with Crippen molar-refractivity contribution in [2.45, 2.75) is 19.6 Å². The monoisotopic (exact) mass is 355 g/mol. The van der Waals surface area contributed by atoms with Crippen molar-refractivity contribution in [3.8, 4) is 11.1 Å². The van der Waals surface area contributed by atoms with E-state index in [4.69, 9.17) is 10.7 Å². The largest absolute Gasteiger partial charge is 0.375 e. The maximum atomic E-state index is 9.99. The van der Waals surface area contributed by atoms with Gasteiger partial charge in [0.1, 0.15) is 6.23 Å². The third-order valence-corrected chi connectivity index (χ3v) is 4.58. The van der Waals surface area contributed by atoms with Crippen molar-refractivity contribution in [2.75, 3.05) is 0 Å².